The normalized spacial score (nSPS) is 28.2. The molecule has 3 aliphatic carbocycles. The number of amides is 1. The number of hydrogen-bond acceptors (Lipinski definition) is 9. The number of carbonyl (C=O) groups is 3. The maximum absolute atomic E-state index is 13.8. The van der Waals surface area contributed by atoms with E-state index in [0.717, 1.165) is 0 Å². The molecule has 7 N–H and O–H groups in total. The van der Waals surface area contributed by atoms with Crippen LogP contribution in [0.15, 0.2) is 41.4 Å². The third-order valence-electron chi connectivity index (χ3n) is 7.41. The molecule has 0 bridgehead atoms. The van der Waals surface area contributed by atoms with Crippen molar-refractivity contribution in [3.63, 3.8) is 0 Å². The summed E-state index contributed by atoms with van der Waals surface area (Å²) in [5.41, 5.74) is 3.67. The first-order valence-electron chi connectivity index (χ1n) is 11.0. The van der Waals surface area contributed by atoms with Gasteiger partial charge >= 0.3 is 0 Å². The maximum atomic E-state index is 13.8. The summed E-state index contributed by atoms with van der Waals surface area (Å²) < 4.78 is 0. The van der Waals surface area contributed by atoms with Crippen molar-refractivity contribution in [1.29, 1.82) is 0 Å². The van der Waals surface area contributed by atoms with E-state index in [4.69, 9.17) is 5.73 Å². The molecule has 0 aliphatic heterocycles. The zero-order valence-electron chi connectivity index (χ0n) is 18.9. The van der Waals surface area contributed by atoms with Crippen LogP contribution in [0, 0.1) is 11.8 Å². The summed E-state index contributed by atoms with van der Waals surface area (Å²) in [6.45, 7) is 0. The van der Waals surface area contributed by atoms with Crippen molar-refractivity contribution in [2.24, 2.45) is 17.6 Å². The average Bonchev–Trinajstić information content (AvgIpc) is 3.30. The topological polar surface area (TPSA) is 190 Å². The Morgan fingerprint density at radius 3 is 2.54 bits per heavy atom. The first kappa shape index (κ1) is 22.8. The molecule has 11 nitrogen and oxygen atoms in total. The summed E-state index contributed by atoms with van der Waals surface area (Å²) >= 11 is 0. The van der Waals surface area contributed by atoms with Crippen molar-refractivity contribution in [2.75, 3.05) is 14.1 Å². The predicted molar refractivity (Wildman–Crippen MR) is 122 cm³/mol. The maximum Gasteiger partial charge on any atom is 0.255 e. The van der Waals surface area contributed by atoms with E-state index in [1.54, 1.807) is 32.6 Å². The molecule has 11 heteroatoms. The fourth-order valence-electron chi connectivity index (χ4n) is 5.91. The van der Waals surface area contributed by atoms with Crippen molar-refractivity contribution < 1.29 is 34.8 Å². The number of nitrogens with zero attached hydrogens (tertiary/aromatic N) is 2. The van der Waals surface area contributed by atoms with Crippen LogP contribution in [0.1, 0.15) is 17.5 Å². The largest absolute Gasteiger partial charge is 0.508 e. The van der Waals surface area contributed by atoms with Crippen molar-refractivity contribution >= 4 is 23.2 Å². The second-order valence-electron chi connectivity index (χ2n) is 9.43. The Bertz CT molecular complexity index is 1360. The molecule has 35 heavy (non-hydrogen) atoms. The Hall–Kier alpha value is -3.96. The van der Waals surface area contributed by atoms with Crippen molar-refractivity contribution in [2.45, 2.75) is 24.5 Å². The number of nitrogens with one attached hydrogen (secondary N) is 1. The molecule has 1 aromatic heterocycles. The lowest BCUT2D eigenvalue weighted by Crippen LogP contribution is -2.65. The van der Waals surface area contributed by atoms with Crippen molar-refractivity contribution in [1.82, 2.24) is 15.1 Å². The number of Topliss-reactive ketones (excluding diaryl/α,β-unsaturated/α-hetero) is 2. The lowest BCUT2D eigenvalue weighted by molar-refractivity contribution is -0.153. The molecule has 1 saturated carbocycles. The third kappa shape index (κ3) is 2.91. The van der Waals surface area contributed by atoms with E-state index in [-0.39, 0.29) is 29.7 Å². The number of phenolic OH excluding ortho intramolecular Hbond substituents is 1. The minimum atomic E-state index is -2.65. The Morgan fingerprint density at radius 1 is 1.23 bits per heavy atom. The summed E-state index contributed by atoms with van der Waals surface area (Å²) in [6, 6.07) is 1.94. The van der Waals surface area contributed by atoms with Crippen molar-refractivity contribution in [3.8, 4) is 16.9 Å². The molecular formula is C24H24N4O7. The number of aliphatic hydroxyl groups excluding tert-OH is 2. The molecule has 5 rings (SSSR count). The van der Waals surface area contributed by atoms with Gasteiger partial charge < -0.3 is 26.2 Å². The highest BCUT2D eigenvalue weighted by molar-refractivity contribution is 6.24. The van der Waals surface area contributed by atoms with Crippen LogP contribution in [0.25, 0.3) is 16.9 Å². The highest BCUT2D eigenvalue weighted by Gasteiger charge is 2.64. The molecular weight excluding hydrogens is 456 g/mol. The molecule has 1 aromatic carbocycles. The van der Waals surface area contributed by atoms with Crippen LogP contribution < -0.4 is 5.73 Å². The summed E-state index contributed by atoms with van der Waals surface area (Å²) in [5.74, 6) is -6.73. The molecule has 0 radical (unpaired) electrons. The number of carbonyl (C=O) groups excluding carboxylic acids is 3. The zero-order chi connectivity index (χ0) is 25.4. The smallest absolute Gasteiger partial charge is 0.255 e. The molecule has 0 saturated heterocycles. The molecule has 0 unspecified atom stereocenters. The number of fused-ring (bicyclic) bond motifs is 3. The van der Waals surface area contributed by atoms with Crippen molar-refractivity contribution in [3.05, 3.63) is 52.6 Å². The fraction of sp³-hybridized carbons (Fsp3) is 0.333. The number of aromatic amines is 1. The van der Waals surface area contributed by atoms with Gasteiger partial charge in [-0.05, 0) is 50.0 Å². The molecule has 1 heterocycles. The van der Waals surface area contributed by atoms with Crippen LogP contribution in [0.3, 0.4) is 0 Å². The molecule has 2 aromatic rings. The van der Waals surface area contributed by atoms with E-state index in [1.165, 1.54) is 11.0 Å². The Kier molecular flexibility index (Phi) is 4.90. The second-order valence-corrected chi connectivity index (χ2v) is 9.43. The number of nitrogens with two attached hydrogens (primary N) is 1. The Morgan fingerprint density at radius 2 is 1.94 bits per heavy atom. The summed E-state index contributed by atoms with van der Waals surface area (Å²) in [5, 5.41) is 50.9. The van der Waals surface area contributed by atoms with Gasteiger partial charge in [-0.15, -0.1) is 0 Å². The number of hydrogen-bond donors (Lipinski definition) is 6. The number of ketones is 2. The number of aliphatic hydroxyl groups is 3. The van der Waals surface area contributed by atoms with Crippen LogP contribution >= 0.6 is 0 Å². The van der Waals surface area contributed by atoms with Gasteiger partial charge in [0.1, 0.15) is 22.8 Å². The standard InChI is InChI=1S/C24H24N4O7/c1-28(2)18-13-6-9-5-12-11(10-7-26-27-8-10)3-4-14(29)16(12)19(30)15(9)21(32)24(13,35)22(33)17(20(18)31)23(25)34/h3-4,7-9,13,18,29-30,33,35H,5-6H2,1-2H3,(H2,25,34)(H,26,27)/t9-,13-,18-,24-/m0/s1. The van der Waals surface area contributed by atoms with Gasteiger partial charge in [0.2, 0.25) is 5.78 Å². The van der Waals surface area contributed by atoms with Gasteiger partial charge in [0.05, 0.1) is 17.8 Å². The van der Waals surface area contributed by atoms with E-state index in [0.29, 0.717) is 16.7 Å². The molecule has 0 spiro atoms. The van der Waals surface area contributed by atoms with Crippen LogP contribution in [0.2, 0.25) is 0 Å². The van der Waals surface area contributed by atoms with Crippen LogP contribution in [-0.4, -0.2) is 78.7 Å². The van der Waals surface area contributed by atoms with E-state index in [9.17, 15) is 34.8 Å². The summed E-state index contributed by atoms with van der Waals surface area (Å²) in [6.07, 6.45) is 3.49. The average molecular weight is 480 g/mol. The fourth-order valence-corrected chi connectivity index (χ4v) is 5.91. The number of aromatic nitrogens is 2. The van der Waals surface area contributed by atoms with E-state index < -0.39 is 58.0 Å². The highest BCUT2D eigenvalue weighted by atomic mass is 16.3. The number of H-pyrrole nitrogens is 1. The van der Waals surface area contributed by atoms with Gasteiger partial charge in [0.25, 0.3) is 5.91 Å². The van der Waals surface area contributed by atoms with Crippen LogP contribution in [0.4, 0.5) is 0 Å². The SMILES string of the molecule is CN(C)[C@@H]1C(=O)C(C(N)=O)=C(O)[C@@]2(O)C(=O)C3=C(O)c4c(O)ccc(-c5cn[nH]c5)c4C[C@H]3C[C@@H]12. The summed E-state index contributed by atoms with van der Waals surface area (Å²) in [7, 11) is 3.12. The number of primary amides is 1. The molecule has 3 aliphatic rings. The third-order valence-corrected chi connectivity index (χ3v) is 7.41. The van der Waals surface area contributed by atoms with Gasteiger partial charge in [-0.2, -0.15) is 5.10 Å². The molecule has 1 fully saturated rings. The Labute approximate surface area is 199 Å². The minimum Gasteiger partial charge on any atom is -0.508 e. The van der Waals surface area contributed by atoms with E-state index >= 15 is 0 Å². The highest BCUT2D eigenvalue weighted by Crippen LogP contribution is 2.53. The molecule has 182 valence electrons. The van der Waals surface area contributed by atoms with E-state index in [1.807, 2.05) is 0 Å². The first-order chi connectivity index (χ1) is 16.5. The minimum absolute atomic E-state index is 0.0340. The van der Waals surface area contributed by atoms with Gasteiger partial charge in [-0.3, -0.25) is 24.4 Å². The number of rotatable bonds is 3. The van der Waals surface area contributed by atoms with Gasteiger partial charge in [-0.25, -0.2) is 0 Å². The number of phenols is 1. The summed E-state index contributed by atoms with van der Waals surface area (Å²) in [4.78, 5) is 40.4. The van der Waals surface area contributed by atoms with E-state index in [2.05, 4.69) is 10.2 Å². The first-order valence-corrected chi connectivity index (χ1v) is 11.0. The second kappa shape index (κ2) is 7.52. The van der Waals surface area contributed by atoms with Gasteiger partial charge in [0, 0.05) is 23.3 Å². The van der Waals surface area contributed by atoms with Gasteiger partial charge in [-0.1, -0.05) is 6.07 Å². The quantitative estimate of drug-likeness (QED) is 0.337. The molecule has 1 amide bonds. The van der Waals surface area contributed by atoms with Crippen LogP contribution in [-0.2, 0) is 20.8 Å². The number of benzene rings is 1. The number of aromatic hydroxyl groups is 1. The lowest BCUT2D eigenvalue weighted by atomic mass is 9.57. The number of likely N-dealkylation sites (N-methyl/N-ethyl adjacent to an activating group) is 1. The Balaban J connectivity index is 1.75. The molecule has 4 atom stereocenters. The van der Waals surface area contributed by atoms with Crippen LogP contribution in [0.5, 0.6) is 5.75 Å². The zero-order valence-corrected chi connectivity index (χ0v) is 18.9. The van der Waals surface area contributed by atoms with Gasteiger partial charge in [0.15, 0.2) is 11.4 Å². The lowest BCUT2D eigenvalue weighted by Gasteiger charge is -2.50. The monoisotopic (exact) mass is 480 g/mol. The predicted octanol–water partition coefficient (Wildman–Crippen LogP) is 0.354.